The Labute approximate surface area is 164 Å². The maximum Gasteiger partial charge on any atom is 0.235 e. The van der Waals surface area contributed by atoms with Crippen LogP contribution in [0.3, 0.4) is 0 Å². The smallest absolute Gasteiger partial charge is 0.235 e. The summed E-state index contributed by atoms with van der Waals surface area (Å²) in [5.41, 5.74) is 2.82. The van der Waals surface area contributed by atoms with E-state index in [-0.39, 0.29) is 10.9 Å². The number of hydrogen-bond acceptors (Lipinski definition) is 4. The van der Waals surface area contributed by atoms with Gasteiger partial charge in [-0.15, -0.1) is 0 Å². The Morgan fingerprint density at radius 2 is 2.07 bits per heavy atom. The van der Waals surface area contributed by atoms with Crippen LogP contribution in [0.5, 0.6) is 0 Å². The van der Waals surface area contributed by atoms with Crippen LogP contribution < -0.4 is 5.32 Å². The zero-order valence-corrected chi connectivity index (χ0v) is 15.5. The quantitative estimate of drug-likeness (QED) is 0.676. The van der Waals surface area contributed by atoms with Crippen LogP contribution in [0.4, 0.5) is 4.39 Å². The zero-order valence-electron chi connectivity index (χ0n) is 14.0. The molecule has 4 rings (SSSR count). The third kappa shape index (κ3) is 3.80. The van der Waals surface area contributed by atoms with E-state index in [0.29, 0.717) is 36.0 Å². The first-order valence-corrected chi connectivity index (χ1v) is 8.90. The first-order chi connectivity index (χ1) is 13.0. The average molecular weight is 406 g/mol. The minimum absolute atomic E-state index is 0.0148. The van der Waals surface area contributed by atoms with Crippen LogP contribution in [-0.4, -0.2) is 38.8 Å². The fourth-order valence-electron chi connectivity index (χ4n) is 2.93. The van der Waals surface area contributed by atoms with Gasteiger partial charge in [0.15, 0.2) is 0 Å². The van der Waals surface area contributed by atoms with Gasteiger partial charge in [0.2, 0.25) is 11.9 Å². The van der Waals surface area contributed by atoms with Crippen molar-refractivity contribution in [2.45, 2.75) is 6.54 Å². The SMILES string of the molecule is O=C1CN(Cc2cc(-c3cnc(F)c(Cl)c3)n(-c3cccc(Cl)c3)n2)CN1. The number of nitrogens with zero attached hydrogens (tertiary/aromatic N) is 4. The lowest BCUT2D eigenvalue weighted by Crippen LogP contribution is -2.21. The van der Waals surface area contributed by atoms with Crippen molar-refractivity contribution >= 4 is 29.1 Å². The van der Waals surface area contributed by atoms with Gasteiger partial charge in [0, 0.05) is 23.3 Å². The minimum Gasteiger partial charge on any atom is -0.342 e. The summed E-state index contributed by atoms with van der Waals surface area (Å²) >= 11 is 12.0. The van der Waals surface area contributed by atoms with Gasteiger partial charge in [-0.25, -0.2) is 9.67 Å². The molecule has 1 N–H and O–H groups in total. The van der Waals surface area contributed by atoms with Crippen molar-refractivity contribution in [3.8, 4) is 16.9 Å². The molecule has 1 aromatic carbocycles. The summed E-state index contributed by atoms with van der Waals surface area (Å²) in [6, 6.07) is 10.6. The predicted octanol–water partition coefficient (Wildman–Crippen LogP) is 3.27. The molecule has 138 valence electrons. The van der Waals surface area contributed by atoms with Gasteiger partial charge >= 0.3 is 0 Å². The third-order valence-corrected chi connectivity index (χ3v) is 4.66. The van der Waals surface area contributed by atoms with E-state index < -0.39 is 5.95 Å². The Morgan fingerprint density at radius 1 is 1.22 bits per heavy atom. The van der Waals surface area contributed by atoms with Crippen LogP contribution in [0.15, 0.2) is 42.6 Å². The molecule has 1 aliphatic heterocycles. The molecule has 0 aliphatic carbocycles. The molecule has 1 saturated heterocycles. The van der Waals surface area contributed by atoms with Crippen molar-refractivity contribution in [1.82, 2.24) is 25.0 Å². The van der Waals surface area contributed by atoms with Crippen molar-refractivity contribution in [2.24, 2.45) is 0 Å². The van der Waals surface area contributed by atoms with E-state index in [1.807, 2.05) is 23.1 Å². The number of rotatable bonds is 4. The molecule has 27 heavy (non-hydrogen) atoms. The highest BCUT2D eigenvalue weighted by Crippen LogP contribution is 2.28. The monoisotopic (exact) mass is 405 g/mol. The van der Waals surface area contributed by atoms with Crippen LogP contribution in [-0.2, 0) is 11.3 Å². The van der Waals surface area contributed by atoms with Crippen LogP contribution >= 0.6 is 23.2 Å². The van der Waals surface area contributed by atoms with Crippen LogP contribution in [0.1, 0.15) is 5.69 Å². The van der Waals surface area contributed by atoms with Crippen molar-refractivity contribution < 1.29 is 9.18 Å². The van der Waals surface area contributed by atoms with Crippen LogP contribution in [0.25, 0.3) is 16.9 Å². The Morgan fingerprint density at radius 3 is 2.78 bits per heavy atom. The fourth-order valence-corrected chi connectivity index (χ4v) is 3.29. The molecule has 2 aromatic heterocycles. The second-order valence-corrected chi connectivity index (χ2v) is 7.00. The number of amides is 1. The molecule has 3 heterocycles. The summed E-state index contributed by atoms with van der Waals surface area (Å²) < 4.78 is 15.2. The normalized spacial score (nSPS) is 14.6. The highest BCUT2D eigenvalue weighted by atomic mass is 35.5. The average Bonchev–Trinajstić information content (AvgIpc) is 3.24. The first-order valence-electron chi connectivity index (χ1n) is 8.15. The van der Waals surface area contributed by atoms with Gasteiger partial charge in [0.1, 0.15) is 0 Å². The van der Waals surface area contributed by atoms with Crippen LogP contribution in [0, 0.1) is 5.95 Å². The van der Waals surface area contributed by atoms with Crippen molar-refractivity contribution in [1.29, 1.82) is 0 Å². The van der Waals surface area contributed by atoms with Crippen LogP contribution in [0.2, 0.25) is 10.0 Å². The van der Waals surface area contributed by atoms with Gasteiger partial charge in [-0.3, -0.25) is 9.69 Å². The molecule has 1 aliphatic rings. The topological polar surface area (TPSA) is 63.1 Å². The van der Waals surface area contributed by atoms with Gasteiger partial charge in [0.05, 0.1) is 35.3 Å². The van der Waals surface area contributed by atoms with E-state index in [4.69, 9.17) is 23.2 Å². The summed E-state index contributed by atoms with van der Waals surface area (Å²) in [6.45, 7) is 1.28. The molecule has 0 radical (unpaired) electrons. The maximum absolute atomic E-state index is 13.5. The summed E-state index contributed by atoms with van der Waals surface area (Å²) in [7, 11) is 0. The van der Waals surface area contributed by atoms with Crippen molar-refractivity contribution in [2.75, 3.05) is 13.2 Å². The number of carbonyl (C=O) groups excluding carboxylic acids is 1. The number of benzene rings is 1. The summed E-state index contributed by atoms with van der Waals surface area (Å²) in [5, 5.41) is 7.92. The van der Waals surface area contributed by atoms with Gasteiger partial charge in [-0.05, 0) is 30.3 Å². The van der Waals surface area contributed by atoms with Crippen molar-refractivity contribution in [3.05, 3.63) is 64.3 Å². The zero-order chi connectivity index (χ0) is 19.0. The molecular weight excluding hydrogens is 392 g/mol. The predicted molar refractivity (Wildman–Crippen MR) is 100 cm³/mol. The molecule has 0 bridgehead atoms. The summed E-state index contributed by atoms with van der Waals surface area (Å²) in [5.74, 6) is -0.741. The van der Waals surface area contributed by atoms with E-state index in [9.17, 15) is 9.18 Å². The minimum atomic E-state index is -0.726. The molecule has 1 amide bonds. The van der Waals surface area contributed by atoms with E-state index in [2.05, 4.69) is 15.4 Å². The second-order valence-electron chi connectivity index (χ2n) is 6.15. The van der Waals surface area contributed by atoms with Gasteiger partial charge in [0.25, 0.3) is 0 Å². The molecule has 1 fully saturated rings. The van der Waals surface area contributed by atoms with E-state index >= 15 is 0 Å². The number of nitrogens with one attached hydrogen (secondary N) is 1. The Hall–Kier alpha value is -2.48. The largest absolute Gasteiger partial charge is 0.342 e. The lowest BCUT2D eigenvalue weighted by atomic mass is 10.2. The highest BCUT2D eigenvalue weighted by Gasteiger charge is 2.21. The molecule has 3 aromatic rings. The number of pyridine rings is 1. The molecular formula is C18H14Cl2FN5O. The van der Waals surface area contributed by atoms with E-state index in [0.717, 1.165) is 11.4 Å². The summed E-state index contributed by atoms with van der Waals surface area (Å²) in [6.07, 6.45) is 1.41. The van der Waals surface area contributed by atoms with Gasteiger partial charge in [-0.1, -0.05) is 29.3 Å². The molecule has 0 spiro atoms. The standard InChI is InChI=1S/C18H14Cl2FN5O/c19-12-2-1-3-14(5-12)26-16(11-4-15(20)18(21)22-7-11)6-13(24-26)8-25-9-17(27)23-10-25/h1-7H,8-10H2,(H,23,27). The van der Waals surface area contributed by atoms with Gasteiger partial charge in [-0.2, -0.15) is 9.49 Å². The van der Waals surface area contributed by atoms with Gasteiger partial charge < -0.3 is 5.32 Å². The Kier molecular flexibility index (Phi) is 4.82. The lowest BCUT2D eigenvalue weighted by Gasteiger charge is -2.10. The fraction of sp³-hybridized carbons (Fsp3) is 0.167. The Balaban J connectivity index is 1.77. The number of aromatic nitrogens is 3. The highest BCUT2D eigenvalue weighted by molar-refractivity contribution is 6.31. The third-order valence-electron chi connectivity index (χ3n) is 4.16. The molecule has 6 nitrogen and oxygen atoms in total. The van der Waals surface area contributed by atoms with Crippen molar-refractivity contribution in [3.63, 3.8) is 0 Å². The molecule has 0 unspecified atom stereocenters. The number of carbonyl (C=O) groups is 1. The maximum atomic E-state index is 13.5. The Bertz CT molecular complexity index is 1020. The number of halogens is 3. The first kappa shape index (κ1) is 17.9. The molecule has 0 saturated carbocycles. The molecule has 9 heteroatoms. The second kappa shape index (κ2) is 7.26. The molecule has 0 atom stereocenters. The lowest BCUT2D eigenvalue weighted by molar-refractivity contribution is -0.118. The number of hydrogen-bond donors (Lipinski definition) is 1. The van der Waals surface area contributed by atoms with E-state index in [1.165, 1.54) is 12.3 Å². The van der Waals surface area contributed by atoms with E-state index in [1.54, 1.807) is 16.8 Å². The summed E-state index contributed by atoms with van der Waals surface area (Å²) in [4.78, 5) is 17.1.